The number of carboxylic acid groups (broad SMARTS) is 1. The Kier molecular flexibility index (Phi) is 5.66. The van der Waals surface area contributed by atoms with E-state index in [0.29, 0.717) is 17.6 Å². The number of nitrogen functional groups attached to an aromatic ring is 1. The first-order chi connectivity index (χ1) is 13.2. The molecule has 0 saturated carbocycles. The highest BCUT2D eigenvalue weighted by Gasteiger charge is 2.29. The molecule has 3 rings (SSSR count). The molecule has 152 valence electrons. The molecule has 0 bridgehead atoms. The fourth-order valence-electron chi connectivity index (χ4n) is 2.91. The zero-order chi connectivity index (χ0) is 20.5. The van der Waals surface area contributed by atoms with Crippen molar-refractivity contribution < 1.29 is 28.6 Å². The smallest absolute Gasteiger partial charge is 0.403 e. The third-order valence-electron chi connectivity index (χ3n) is 4.30. The number of nitrogens with two attached hydrogens (primary N) is 1. The van der Waals surface area contributed by atoms with E-state index in [0.717, 1.165) is 0 Å². The molecule has 13 heteroatoms. The normalized spacial score (nSPS) is 22.2. The number of hydrogen-bond donors (Lipinski definition) is 4. The van der Waals surface area contributed by atoms with Gasteiger partial charge in [0.05, 0.1) is 26.1 Å². The van der Waals surface area contributed by atoms with Gasteiger partial charge in [-0.05, 0) is 13.3 Å². The molecule has 12 nitrogen and oxygen atoms in total. The molecule has 0 radical (unpaired) electrons. The van der Waals surface area contributed by atoms with E-state index in [1.165, 1.54) is 14.0 Å². The zero-order valence-corrected chi connectivity index (χ0v) is 16.1. The first kappa shape index (κ1) is 20.2. The van der Waals surface area contributed by atoms with Gasteiger partial charge in [0.2, 0.25) is 11.8 Å². The van der Waals surface area contributed by atoms with E-state index in [9.17, 15) is 14.3 Å². The Bertz CT molecular complexity index is 962. The van der Waals surface area contributed by atoms with Crippen molar-refractivity contribution >= 4 is 30.8 Å². The van der Waals surface area contributed by atoms with Gasteiger partial charge in [-0.3, -0.25) is 9.32 Å². The number of aliphatic carboxylic acids is 1. The van der Waals surface area contributed by atoms with Crippen LogP contribution < -0.4 is 15.6 Å². The molecule has 0 aliphatic heterocycles. The van der Waals surface area contributed by atoms with Crippen LogP contribution in [0.5, 0.6) is 5.88 Å². The van der Waals surface area contributed by atoms with Gasteiger partial charge in [0.1, 0.15) is 6.04 Å². The van der Waals surface area contributed by atoms with Crippen LogP contribution >= 0.6 is 7.75 Å². The fourth-order valence-corrected chi connectivity index (χ4v) is 3.98. The fraction of sp³-hybridized carbons (Fsp3) is 0.467. The number of carbonyl (C=O) groups is 1. The SMILES string of the molecule is COc1nc(N)nc2c1ncn2[C@H]1C=C[C@@H](COP(=O)(O)NC(C)C(=O)O)C1. The zero-order valence-electron chi connectivity index (χ0n) is 15.2. The number of carboxylic acids is 1. The third kappa shape index (κ3) is 4.30. The summed E-state index contributed by atoms with van der Waals surface area (Å²) in [4.78, 5) is 33.0. The summed E-state index contributed by atoms with van der Waals surface area (Å²) in [7, 11) is -2.76. The second-order valence-electron chi connectivity index (χ2n) is 6.37. The maximum Gasteiger partial charge on any atom is 0.403 e. The molecule has 28 heavy (non-hydrogen) atoms. The quantitative estimate of drug-likeness (QED) is 0.355. The Morgan fingerprint density at radius 3 is 2.93 bits per heavy atom. The van der Waals surface area contributed by atoms with Crippen molar-refractivity contribution in [2.24, 2.45) is 5.92 Å². The van der Waals surface area contributed by atoms with Crippen LogP contribution in [0.25, 0.3) is 11.2 Å². The van der Waals surface area contributed by atoms with Crippen molar-refractivity contribution in [1.29, 1.82) is 0 Å². The average molecular weight is 412 g/mol. The second-order valence-corrected chi connectivity index (χ2v) is 7.93. The van der Waals surface area contributed by atoms with E-state index in [1.807, 2.05) is 16.7 Å². The number of anilines is 1. The lowest BCUT2D eigenvalue weighted by Crippen LogP contribution is -2.32. The van der Waals surface area contributed by atoms with Gasteiger partial charge in [-0.1, -0.05) is 12.2 Å². The first-order valence-electron chi connectivity index (χ1n) is 8.40. The number of rotatable bonds is 8. The number of aromatic nitrogens is 4. The molecule has 0 amide bonds. The predicted octanol–water partition coefficient (Wildman–Crippen LogP) is 0.714. The Morgan fingerprint density at radius 1 is 1.50 bits per heavy atom. The minimum atomic E-state index is -4.23. The number of ether oxygens (including phenoxy) is 1. The predicted molar refractivity (Wildman–Crippen MR) is 98.6 cm³/mol. The van der Waals surface area contributed by atoms with Crippen molar-refractivity contribution in [3.63, 3.8) is 0 Å². The molecule has 2 unspecified atom stereocenters. The lowest BCUT2D eigenvalue weighted by atomic mass is 10.1. The van der Waals surface area contributed by atoms with Crippen molar-refractivity contribution in [3.8, 4) is 5.88 Å². The molecule has 0 aromatic carbocycles. The monoisotopic (exact) mass is 412 g/mol. The van der Waals surface area contributed by atoms with Crippen molar-refractivity contribution in [1.82, 2.24) is 24.6 Å². The van der Waals surface area contributed by atoms with Crippen LogP contribution in [0, 0.1) is 5.92 Å². The van der Waals surface area contributed by atoms with Gasteiger partial charge < -0.3 is 25.0 Å². The maximum atomic E-state index is 12.0. The highest BCUT2D eigenvalue weighted by molar-refractivity contribution is 7.50. The van der Waals surface area contributed by atoms with Gasteiger partial charge in [-0.25, -0.2) is 14.6 Å². The Morgan fingerprint density at radius 2 is 2.25 bits per heavy atom. The van der Waals surface area contributed by atoms with Crippen molar-refractivity contribution in [2.75, 3.05) is 19.5 Å². The molecule has 1 aliphatic carbocycles. The van der Waals surface area contributed by atoms with Crippen LogP contribution in [0.15, 0.2) is 18.5 Å². The number of hydrogen-bond acceptors (Lipinski definition) is 8. The average Bonchev–Trinajstić information content (AvgIpc) is 3.25. The van der Waals surface area contributed by atoms with E-state index >= 15 is 0 Å². The summed E-state index contributed by atoms with van der Waals surface area (Å²) in [6.07, 6.45) is 5.95. The molecule has 2 heterocycles. The van der Waals surface area contributed by atoms with E-state index < -0.39 is 19.8 Å². The lowest BCUT2D eigenvalue weighted by Gasteiger charge is -2.18. The highest BCUT2D eigenvalue weighted by atomic mass is 31.2. The molecule has 4 atom stereocenters. The van der Waals surface area contributed by atoms with Gasteiger partial charge in [0, 0.05) is 5.92 Å². The largest absolute Gasteiger partial charge is 0.480 e. The number of nitrogens with zero attached hydrogens (tertiary/aromatic N) is 4. The lowest BCUT2D eigenvalue weighted by molar-refractivity contribution is -0.138. The standard InChI is InChI=1S/C15H21N6O6P/c1-8(14(22)23)20-28(24,25)27-6-9-3-4-10(5-9)21-7-17-11-12(21)18-15(16)19-13(11)26-2/h3-4,7-10H,5-6H2,1-2H3,(H,22,23)(H2,16,18,19)(H2,20,24,25)/t8?,9-,10+/m1/s1. The Balaban J connectivity index is 1.66. The minimum Gasteiger partial charge on any atom is -0.480 e. The number of nitrogens with one attached hydrogen (secondary N) is 1. The summed E-state index contributed by atoms with van der Waals surface area (Å²) in [6, 6.07) is -1.32. The van der Waals surface area contributed by atoms with Crippen LogP contribution in [0.1, 0.15) is 19.4 Å². The molecule has 2 aromatic rings. The first-order valence-corrected chi connectivity index (χ1v) is 9.98. The molecule has 0 fully saturated rings. The summed E-state index contributed by atoms with van der Waals surface area (Å²) in [5.74, 6) is -1.05. The molecule has 2 aromatic heterocycles. The number of methoxy groups -OCH3 is 1. The molecule has 0 spiro atoms. The Hall–Kier alpha value is -2.53. The van der Waals surface area contributed by atoms with Crippen LogP contribution in [-0.2, 0) is 13.9 Å². The molecule has 5 N–H and O–H groups in total. The highest BCUT2D eigenvalue weighted by Crippen LogP contribution is 2.40. The van der Waals surface area contributed by atoms with Gasteiger partial charge in [-0.15, -0.1) is 0 Å². The summed E-state index contributed by atoms with van der Waals surface area (Å²) in [6.45, 7) is 1.21. The summed E-state index contributed by atoms with van der Waals surface area (Å²) < 4.78 is 24.0. The minimum absolute atomic E-state index is 0.0484. The molecule has 0 saturated heterocycles. The maximum absolute atomic E-state index is 12.0. The summed E-state index contributed by atoms with van der Waals surface area (Å²) in [5, 5.41) is 10.9. The van der Waals surface area contributed by atoms with Crippen LogP contribution in [0.2, 0.25) is 0 Å². The van der Waals surface area contributed by atoms with Crippen LogP contribution in [0.3, 0.4) is 0 Å². The van der Waals surface area contributed by atoms with E-state index in [1.54, 1.807) is 6.33 Å². The van der Waals surface area contributed by atoms with Gasteiger partial charge in [0.25, 0.3) is 0 Å². The van der Waals surface area contributed by atoms with E-state index in [-0.39, 0.29) is 30.4 Å². The molecular weight excluding hydrogens is 391 g/mol. The molecule has 1 aliphatic rings. The Labute approximate surface area is 160 Å². The van der Waals surface area contributed by atoms with Gasteiger partial charge in [-0.2, -0.15) is 9.97 Å². The molecular formula is C15H21N6O6P. The second kappa shape index (κ2) is 7.84. The topological polar surface area (TPSA) is 175 Å². The summed E-state index contributed by atoms with van der Waals surface area (Å²) in [5.41, 5.74) is 6.72. The third-order valence-corrected chi connectivity index (χ3v) is 5.51. The summed E-state index contributed by atoms with van der Waals surface area (Å²) >= 11 is 0. The van der Waals surface area contributed by atoms with E-state index in [2.05, 4.69) is 20.0 Å². The van der Waals surface area contributed by atoms with Gasteiger partial charge >= 0.3 is 13.7 Å². The van der Waals surface area contributed by atoms with Crippen molar-refractivity contribution in [3.05, 3.63) is 18.5 Å². The number of allylic oxidation sites excluding steroid dienone is 1. The van der Waals surface area contributed by atoms with Gasteiger partial charge in [0.15, 0.2) is 11.2 Å². The van der Waals surface area contributed by atoms with Crippen LogP contribution in [-0.4, -0.2) is 55.2 Å². The van der Waals surface area contributed by atoms with Crippen LogP contribution in [0.4, 0.5) is 5.95 Å². The van der Waals surface area contributed by atoms with E-state index in [4.69, 9.17) is 20.1 Å². The van der Waals surface area contributed by atoms with Crippen molar-refractivity contribution in [2.45, 2.75) is 25.4 Å². The number of fused-ring (bicyclic) bond motifs is 1. The number of imidazole rings is 1.